The van der Waals surface area contributed by atoms with Gasteiger partial charge in [0.05, 0.1) is 19.1 Å². The standard InChI is InChI=1S/C20H29N3O3/c1-15(2)22-10-11-26-18(14-22)12-19(24)21-13-16-5-7-17(8-6-16)23-9-3-4-20(23)25/h5-8,15,18H,3-4,9-14H2,1-2H3,(H,21,24). The van der Waals surface area contributed by atoms with Crippen molar-refractivity contribution in [3.8, 4) is 0 Å². The largest absolute Gasteiger partial charge is 0.375 e. The average molecular weight is 359 g/mol. The zero-order valence-corrected chi connectivity index (χ0v) is 15.7. The first-order valence-electron chi connectivity index (χ1n) is 9.54. The Morgan fingerprint density at radius 2 is 2.04 bits per heavy atom. The smallest absolute Gasteiger partial charge is 0.227 e. The number of anilines is 1. The molecule has 142 valence electrons. The van der Waals surface area contributed by atoms with E-state index >= 15 is 0 Å². The zero-order chi connectivity index (χ0) is 18.5. The van der Waals surface area contributed by atoms with Crippen LogP contribution in [0, 0.1) is 0 Å². The fourth-order valence-corrected chi connectivity index (χ4v) is 3.53. The quantitative estimate of drug-likeness (QED) is 0.843. The lowest BCUT2D eigenvalue weighted by atomic mass is 10.1. The van der Waals surface area contributed by atoms with E-state index in [-0.39, 0.29) is 17.9 Å². The summed E-state index contributed by atoms with van der Waals surface area (Å²) >= 11 is 0. The van der Waals surface area contributed by atoms with Crippen LogP contribution in [-0.2, 0) is 20.9 Å². The number of nitrogens with zero attached hydrogens (tertiary/aromatic N) is 2. The van der Waals surface area contributed by atoms with Crippen molar-refractivity contribution < 1.29 is 14.3 Å². The Labute approximate surface area is 155 Å². The monoisotopic (exact) mass is 359 g/mol. The molecule has 1 unspecified atom stereocenters. The Balaban J connectivity index is 1.45. The molecule has 1 aromatic carbocycles. The topological polar surface area (TPSA) is 61.9 Å². The summed E-state index contributed by atoms with van der Waals surface area (Å²) in [7, 11) is 0. The van der Waals surface area contributed by atoms with Crippen LogP contribution >= 0.6 is 0 Å². The fraction of sp³-hybridized carbons (Fsp3) is 0.600. The van der Waals surface area contributed by atoms with Crippen LogP contribution in [0.25, 0.3) is 0 Å². The minimum Gasteiger partial charge on any atom is -0.375 e. The molecule has 6 heteroatoms. The lowest BCUT2D eigenvalue weighted by Crippen LogP contribution is -2.47. The number of ether oxygens (including phenoxy) is 1. The molecule has 6 nitrogen and oxygen atoms in total. The van der Waals surface area contributed by atoms with Crippen LogP contribution in [-0.4, -0.2) is 55.1 Å². The number of morpholine rings is 1. The molecular formula is C20H29N3O3. The molecule has 0 saturated carbocycles. The van der Waals surface area contributed by atoms with Gasteiger partial charge in [-0.1, -0.05) is 12.1 Å². The average Bonchev–Trinajstić information content (AvgIpc) is 3.06. The van der Waals surface area contributed by atoms with Crippen LogP contribution in [0.3, 0.4) is 0 Å². The first kappa shape index (κ1) is 18.9. The molecule has 2 amide bonds. The highest BCUT2D eigenvalue weighted by Gasteiger charge is 2.24. The van der Waals surface area contributed by atoms with Crippen LogP contribution in [0.15, 0.2) is 24.3 Å². The number of carbonyl (C=O) groups excluding carboxylic acids is 2. The van der Waals surface area contributed by atoms with Gasteiger partial charge >= 0.3 is 0 Å². The van der Waals surface area contributed by atoms with Gasteiger partial charge in [-0.15, -0.1) is 0 Å². The van der Waals surface area contributed by atoms with E-state index in [1.54, 1.807) is 0 Å². The third-order valence-electron chi connectivity index (χ3n) is 5.12. The van der Waals surface area contributed by atoms with Crippen molar-refractivity contribution in [2.24, 2.45) is 0 Å². The van der Waals surface area contributed by atoms with Gasteiger partial charge in [-0.05, 0) is 38.0 Å². The van der Waals surface area contributed by atoms with E-state index in [4.69, 9.17) is 4.74 Å². The summed E-state index contributed by atoms with van der Waals surface area (Å²) < 4.78 is 5.72. The van der Waals surface area contributed by atoms with E-state index in [2.05, 4.69) is 24.1 Å². The predicted molar refractivity (Wildman–Crippen MR) is 101 cm³/mol. The lowest BCUT2D eigenvalue weighted by molar-refractivity contribution is -0.126. The van der Waals surface area contributed by atoms with Crippen molar-refractivity contribution in [2.75, 3.05) is 31.1 Å². The summed E-state index contributed by atoms with van der Waals surface area (Å²) in [6.45, 7) is 8.05. The third-order valence-corrected chi connectivity index (χ3v) is 5.12. The highest BCUT2D eigenvalue weighted by atomic mass is 16.5. The van der Waals surface area contributed by atoms with Crippen molar-refractivity contribution in [1.82, 2.24) is 10.2 Å². The Bertz CT molecular complexity index is 630. The SMILES string of the molecule is CC(C)N1CCOC(CC(=O)NCc2ccc(N3CCCC3=O)cc2)C1. The number of carbonyl (C=O) groups is 2. The molecule has 2 fully saturated rings. The molecule has 3 rings (SSSR count). The van der Waals surface area contributed by atoms with Gasteiger partial charge in [-0.3, -0.25) is 14.5 Å². The summed E-state index contributed by atoms with van der Waals surface area (Å²) in [4.78, 5) is 28.2. The number of hydrogen-bond donors (Lipinski definition) is 1. The van der Waals surface area contributed by atoms with Gasteiger partial charge in [0, 0.05) is 44.3 Å². The second-order valence-corrected chi connectivity index (χ2v) is 7.38. The Morgan fingerprint density at radius 3 is 2.69 bits per heavy atom. The number of benzene rings is 1. The first-order chi connectivity index (χ1) is 12.5. The van der Waals surface area contributed by atoms with E-state index in [0.717, 1.165) is 37.3 Å². The summed E-state index contributed by atoms with van der Waals surface area (Å²) in [5, 5.41) is 2.97. The number of rotatable bonds is 6. The van der Waals surface area contributed by atoms with Crippen LogP contribution < -0.4 is 10.2 Å². The molecule has 1 N–H and O–H groups in total. The number of amides is 2. The molecule has 0 spiro atoms. The Morgan fingerprint density at radius 1 is 1.27 bits per heavy atom. The molecule has 0 bridgehead atoms. The Hall–Kier alpha value is -1.92. The predicted octanol–water partition coefficient (Wildman–Crippen LogP) is 1.93. The van der Waals surface area contributed by atoms with Crippen LogP contribution in [0.5, 0.6) is 0 Å². The van der Waals surface area contributed by atoms with Gasteiger partial charge in [0.25, 0.3) is 0 Å². The fourth-order valence-electron chi connectivity index (χ4n) is 3.53. The second-order valence-electron chi connectivity index (χ2n) is 7.38. The molecule has 2 heterocycles. The number of hydrogen-bond acceptors (Lipinski definition) is 4. The first-order valence-corrected chi connectivity index (χ1v) is 9.54. The zero-order valence-electron chi connectivity index (χ0n) is 15.7. The van der Waals surface area contributed by atoms with E-state index < -0.39 is 0 Å². The molecule has 2 aliphatic rings. The van der Waals surface area contributed by atoms with Gasteiger partial charge in [0.15, 0.2) is 0 Å². The molecule has 2 aliphatic heterocycles. The van der Waals surface area contributed by atoms with Crippen LogP contribution in [0.2, 0.25) is 0 Å². The second kappa shape index (κ2) is 8.64. The summed E-state index contributed by atoms with van der Waals surface area (Å²) in [6.07, 6.45) is 1.92. The molecule has 2 saturated heterocycles. The maximum absolute atomic E-state index is 12.2. The van der Waals surface area contributed by atoms with E-state index in [9.17, 15) is 9.59 Å². The maximum atomic E-state index is 12.2. The minimum absolute atomic E-state index is 0.0133. The van der Waals surface area contributed by atoms with Crippen molar-refractivity contribution in [3.05, 3.63) is 29.8 Å². The third kappa shape index (κ3) is 4.83. The van der Waals surface area contributed by atoms with Crippen molar-refractivity contribution >= 4 is 17.5 Å². The lowest BCUT2D eigenvalue weighted by Gasteiger charge is -2.35. The summed E-state index contributed by atoms with van der Waals surface area (Å²) in [6, 6.07) is 8.33. The van der Waals surface area contributed by atoms with Gasteiger partial charge in [-0.2, -0.15) is 0 Å². The van der Waals surface area contributed by atoms with E-state index in [1.165, 1.54) is 0 Å². The normalized spacial score (nSPS) is 21.4. The molecule has 0 aromatic heterocycles. The molecular weight excluding hydrogens is 330 g/mol. The summed E-state index contributed by atoms with van der Waals surface area (Å²) in [5.41, 5.74) is 1.97. The van der Waals surface area contributed by atoms with Crippen LogP contribution in [0.4, 0.5) is 5.69 Å². The van der Waals surface area contributed by atoms with Crippen molar-refractivity contribution in [1.29, 1.82) is 0 Å². The van der Waals surface area contributed by atoms with Gasteiger partial charge < -0.3 is 15.0 Å². The molecule has 0 aliphatic carbocycles. The number of nitrogens with one attached hydrogen (secondary N) is 1. The highest BCUT2D eigenvalue weighted by molar-refractivity contribution is 5.95. The van der Waals surface area contributed by atoms with E-state index in [1.807, 2.05) is 29.2 Å². The molecule has 1 atom stereocenters. The molecule has 0 radical (unpaired) electrons. The maximum Gasteiger partial charge on any atom is 0.227 e. The van der Waals surface area contributed by atoms with Gasteiger partial charge in [0.1, 0.15) is 0 Å². The van der Waals surface area contributed by atoms with Crippen LogP contribution in [0.1, 0.15) is 38.7 Å². The van der Waals surface area contributed by atoms with E-state index in [0.29, 0.717) is 32.0 Å². The molecule has 26 heavy (non-hydrogen) atoms. The Kier molecular flexibility index (Phi) is 6.27. The van der Waals surface area contributed by atoms with Crippen molar-refractivity contribution in [2.45, 2.75) is 51.8 Å². The van der Waals surface area contributed by atoms with Crippen molar-refractivity contribution in [3.63, 3.8) is 0 Å². The minimum atomic E-state index is -0.0327. The van der Waals surface area contributed by atoms with Gasteiger partial charge in [0.2, 0.25) is 11.8 Å². The molecule has 1 aromatic rings. The van der Waals surface area contributed by atoms with Gasteiger partial charge in [-0.25, -0.2) is 0 Å². The highest BCUT2D eigenvalue weighted by Crippen LogP contribution is 2.21. The summed E-state index contributed by atoms with van der Waals surface area (Å²) in [5.74, 6) is 0.202.